The van der Waals surface area contributed by atoms with Crippen molar-refractivity contribution in [3.63, 3.8) is 0 Å². The molecule has 2 heterocycles. The molecule has 36 heavy (non-hydrogen) atoms. The van der Waals surface area contributed by atoms with E-state index in [4.69, 9.17) is 21.4 Å². The van der Waals surface area contributed by atoms with E-state index in [-0.39, 0.29) is 22.8 Å². The largest absolute Gasteiger partial charge is 0.481 e. The SMILES string of the molecule is CCCC(C)(Nc1ncc(C(=O)NCC2CCC(C(=O)O)CC2)cc1Cl)c1cc(C#N)cnc1OC. The number of nitrogens with one attached hydrogen (secondary N) is 2. The zero-order valence-corrected chi connectivity index (χ0v) is 21.6. The van der Waals surface area contributed by atoms with Crippen molar-refractivity contribution in [3.8, 4) is 11.9 Å². The molecule has 1 amide bonds. The second kappa shape index (κ2) is 12.0. The van der Waals surface area contributed by atoms with Crippen molar-refractivity contribution in [2.45, 2.75) is 57.9 Å². The summed E-state index contributed by atoms with van der Waals surface area (Å²) >= 11 is 6.53. The number of methoxy groups -OCH3 is 1. The van der Waals surface area contributed by atoms with E-state index in [0.29, 0.717) is 54.2 Å². The van der Waals surface area contributed by atoms with Gasteiger partial charge in [-0.1, -0.05) is 24.9 Å². The Hall–Kier alpha value is -3.38. The second-order valence-electron chi connectivity index (χ2n) is 9.42. The summed E-state index contributed by atoms with van der Waals surface area (Å²) in [5.74, 6) is -0.231. The fraction of sp³-hybridized carbons (Fsp3) is 0.500. The Morgan fingerprint density at radius 1 is 1.25 bits per heavy atom. The lowest BCUT2D eigenvalue weighted by atomic mass is 9.82. The Balaban J connectivity index is 1.72. The molecule has 0 saturated heterocycles. The molecule has 192 valence electrons. The van der Waals surface area contributed by atoms with Gasteiger partial charge in [-0.3, -0.25) is 9.59 Å². The number of amides is 1. The zero-order valence-electron chi connectivity index (χ0n) is 20.8. The van der Waals surface area contributed by atoms with Crippen LogP contribution in [0.5, 0.6) is 5.88 Å². The second-order valence-corrected chi connectivity index (χ2v) is 9.83. The molecule has 1 aliphatic rings. The third-order valence-electron chi connectivity index (χ3n) is 6.76. The van der Waals surface area contributed by atoms with Crippen molar-refractivity contribution < 1.29 is 19.4 Å². The van der Waals surface area contributed by atoms with Gasteiger partial charge in [-0.2, -0.15) is 5.26 Å². The minimum atomic E-state index is -0.741. The predicted octanol–water partition coefficient (Wildman–Crippen LogP) is 4.76. The molecule has 1 fully saturated rings. The fourth-order valence-corrected chi connectivity index (χ4v) is 4.92. The fourth-order valence-electron chi connectivity index (χ4n) is 4.70. The highest BCUT2D eigenvalue weighted by molar-refractivity contribution is 6.33. The molecule has 3 rings (SSSR count). The molecular formula is C26H32ClN5O4. The van der Waals surface area contributed by atoms with Crippen LogP contribution in [0.1, 0.15) is 73.9 Å². The van der Waals surface area contributed by atoms with E-state index >= 15 is 0 Å². The number of carbonyl (C=O) groups is 2. The molecule has 0 bridgehead atoms. The summed E-state index contributed by atoms with van der Waals surface area (Å²) in [6, 6.07) is 5.43. The molecule has 1 aliphatic carbocycles. The van der Waals surface area contributed by atoms with Crippen LogP contribution in [-0.4, -0.2) is 40.6 Å². The number of pyridine rings is 2. The summed E-state index contributed by atoms with van der Waals surface area (Å²) in [6.45, 7) is 4.50. The van der Waals surface area contributed by atoms with Gasteiger partial charge in [0, 0.05) is 24.5 Å². The maximum absolute atomic E-state index is 12.7. The van der Waals surface area contributed by atoms with Gasteiger partial charge in [0.25, 0.3) is 5.91 Å². The van der Waals surface area contributed by atoms with Gasteiger partial charge in [-0.05, 0) is 57.1 Å². The van der Waals surface area contributed by atoms with Gasteiger partial charge < -0.3 is 20.5 Å². The summed E-state index contributed by atoms with van der Waals surface area (Å²) < 4.78 is 5.45. The number of carboxylic acid groups (broad SMARTS) is 1. The van der Waals surface area contributed by atoms with Gasteiger partial charge in [-0.25, -0.2) is 9.97 Å². The lowest BCUT2D eigenvalue weighted by Crippen LogP contribution is -2.34. The molecule has 1 atom stereocenters. The predicted molar refractivity (Wildman–Crippen MR) is 136 cm³/mol. The minimum Gasteiger partial charge on any atom is -0.481 e. The number of aromatic nitrogens is 2. The number of anilines is 1. The Bertz CT molecular complexity index is 1140. The Kier molecular flexibility index (Phi) is 9.10. The highest BCUT2D eigenvalue weighted by Gasteiger charge is 2.32. The maximum atomic E-state index is 12.7. The molecule has 0 spiro atoms. The first-order chi connectivity index (χ1) is 17.2. The number of hydrogen-bond acceptors (Lipinski definition) is 7. The van der Waals surface area contributed by atoms with Crippen molar-refractivity contribution in [1.29, 1.82) is 5.26 Å². The molecule has 1 unspecified atom stereocenters. The van der Waals surface area contributed by atoms with Crippen LogP contribution in [0.15, 0.2) is 24.5 Å². The molecule has 9 nitrogen and oxygen atoms in total. The smallest absolute Gasteiger partial charge is 0.306 e. The first kappa shape index (κ1) is 27.2. The van der Waals surface area contributed by atoms with E-state index < -0.39 is 11.5 Å². The number of nitriles is 1. The third kappa shape index (κ3) is 6.43. The van der Waals surface area contributed by atoms with E-state index in [0.717, 1.165) is 19.3 Å². The van der Waals surface area contributed by atoms with Crippen molar-refractivity contribution in [2.75, 3.05) is 19.0 Å². The molecule has 0 aliphatic heterocycles. The van der Waals surface area contributed by atoms with E-state index in [1.165, 1.54) is 19.5 Å². The van der Waals surface area contributed by atoms with Crippen LogP contribution in [-0.2, 0) is 10.3 Å². The molecule has 2 aromatic rings. The first-order valence-electron chi connectivity index (χ1n) is 12.1. The van der Waals surface area contributed by atoms with Crippen LogP contribution < -0.4 is 15.4 Å². The van der Waals surface area contributed by atoms with Crippen molar-refractivity contribution >= 4 is 29.3 Å². The van der Waals surface area contributed by atoms with Gasteiger partial charge in [-0.15, -0.1) is 0 Å². The van der Waals surface area contributed by atoms with E-state index in [1.807, 2.05) is 13.8 Å². The molecule has 0 radical (unpaired) electrons. The number of nitrogens with zero attached hydrogens (tertiary/aromatic N) is 3. The Morgan fingerprint density at radius 2 is 1.97 bits per heavy atom. The van der Waals surface area contributed by atoms with Gasteiger partial charge >= 0.3 is 5.97 Å². The molecule has 0 aromatic carbocycles. The van der Waals surface area contributed by atoms with Gasteiger partial charge in [0.2, 0.25) is 5.88 Å². The summed E-state index contributed by atoms with van der Waals surface area (Å²) in [5, 5.41) is 25.1. The maximum Gasteiger partial charge on any atom is 0.306 e. The van der Waals surface area contributed by atoms with Crippen LogP contribution in [0.2, 0.25) is 5.02 Å². The summed E-state index contributed by atoms with van der Waals surface area (Å²) in [4.78, 5) is 32.5. The normalized spacial score (nSPS) is 19.0. The number of hydrogen-bond donors (Lipinski definition) is 3. The molecule has 10 heteroatoms. The van der Waals surface area contributed by atoms with E-state index in [2.05, 4.69) is 26.7 Å². The lowest BCUT2D eigenvalue weighted by Gasteiger charge is -2.33. The lowest BCUT2D eigenvalue weighted by molar-refractivity contribution is -0.143. The first-order valence-corrected chi connectivity index (χ1v) is 12.5. The van der Waals surface area contributed by atoms with Crippen molar-refractivity contribution in [2.24, 2.45) is 11.8 Å². The Labute approximate surface area is 216 Å². The highest BCUT2D eigenvalue weighted by Crippen LogP contribution is 2.37. The van der Waals surface area contributed by atoms with Crippen LogP contribution in [0, 0.1) is 23.2 Å². The van der Waals surface area contributed by atoms with Gasteiger partial charge in [0.15, 0.2) is 0 Å². The Morgan fingerprint density at radius 3 is 2.56 bits per heavy atom. The summed E-state index contributed by atoms with van der Waals surface area (Å²) in [5.41, 5.74) is 0.781. The number of halogens is 1. The number of carbonyl (C=O) groups excluding carboxylic acids is 1. The minimum absolute atomic E-state index is 0.261. The number of ether oxygens (including phenoxy) is 1. The highest BCUT2D eigenvalue weighted by atomic mass is 35.5. The van der Waals surface area contributed by atoms with E-state index in [1.54, 1.807) is 12.1 Å². The quantitative estimate of drug-likeness (QED) is 0.413. The zero-order chi connectivity index (χ0) is 26.3. The molecule has 2 aromatic heterocycles. The molecular weight excluding hydrogens is 482 g/mol. The summed E-state index contributed by atoms with van der Waals surface area (Å²) in [7, 11) is 1.53. The summed E-state index contributed by atoms with van der Waals surface area (Å²) in [6.07, 6.45) is 7.28. The molecule has 3 N–H and O–H groups in total. The topological polar surface area (TPSA) is 137 Å². The van der Waals surface area contributed by atoms with Crippen LogP contribution in [0.4, 0.5) is 5.82 Å². The van der Waals surface area contributed by atoms with Crippen molar-refractivity contribution in [3.05, 3.63) is 46.2 Å². The standard InChI is InChI=1S/C26H32ClN5O4/c1-4-9-26(2,20-10-17(12-28)14-31-24(20)36-3)32-22-21(27)11-19(15-29-22)23(33)30-13-16-5-7-18(8-6-16)25(34)35/h10-11,14-16,18H,4-9,13H2,1-3H3,(H,29,32)(H,30,33)(H,34,35). The van der Waals surface area contributed by atoms with Gasteiger partial charge in [0.05, 0.1) is 34.7 Å². The average molecular weight is 514 g/mol. The van der Waals surface area contributed by atoms with Crippen LogP contribution in [0.3, 0.4) is 0 Å². The molecule has 1 saturated carbocycles. The van der Waals surface area contributed by atoms with Crippen molar-refractivity contribution in [1.82, 2.24) is 15.3 Å². The monoisotopic (exact) mass is 513 g/mol. The van der Waals surface area contributed by atoms with Gasteiger partial charge in [0.1, 0.15) is 11.9 Å². The van der Waals surface area contributed by atoms with E-state index in [9.17, 15) is 14.9 Å². The number of rotatable bonds is 10. The number of aliphatic carboxylic acids is 1. The average Bonchev–Trinajstić information content (AvgIpc) is 2.88. The third-order valence-corrected chi connectivity index (χ3v) is 7.05. The van der Waals surface area contributed by atoms with Crippen LogP contribution in [0.25, 0.3) is 0 Å². The number of carboxylic acids is 1. The van der Waals surface area contributed by atoms with Crippen LogP contribution >= 0.6 is 11.6 Å².